The number of hydrogen-bond acceptors (Lipinski definition) is 4. The Labute approximate surface area is 133 Å². The summed E-state index contributed by atoms with van der Waals surface area (Å²) in [6.45, 7) is 1.38. The Balaban J connectivity index is 2.34. The molecule has 0 radical (unpaired) electrons. The van der Waals surface area contributed by atoms with Crippen molar-refractivity contribution in [3.8, 4) is 0 Å². The van der Waals surface area contributed by atoms with Gasteiger partial charge in [0.05, 0.1) is 39.3 Å². The topological polar surface area (TPSA) is 39.1 Å². The Morgan fingerprint density at radius 1 is 1.47 bits per heavy atom. The lowest BCUT2D eigenvalue weighted by Gasteiger charge is -2.17. The molecule has 104 valence electrons. The van der Waals surface area contributed by atoms with Crippen LogP contribution in [0, 0.1) is 0 Å². The number of nitrogens with one attached hydrogen (secondary N) is 1. The van der Waals surface area contributed by atoms with E-state index in [1.54, 1.807) is 18.4 Å². The van der Waals surface area contributed by atoms with E-state index in [0.717, 1.165) is 20.5 Å². The van der Waals surface area contributed by atoms with E-state index >= 15 is 0 Å². The quantitative estimate of drug-likeness (QED) is 0.795. The Hall–Kier alpha value is -0.210. The zero-order valence-electron chi connectivity index (χ0n) is 10.7. The van der Waals surface area contributed by atoms with E-state index in [0.29, 0.717) is 6.61 Å². The van der Waals surface area contributed by atoms with Gasteiger partial charge >= 0.3 is 0 Å². The summed E-state index contributed by atoms with van der Waals surface area (Å²) >= 11 is 8.81. The molecule has 0 saturated heterocycles. The number of ether oxygens (including phenoxy) is 1. The van der Waals surface area contributed by atoms with Crippen LogP contribution in [0.4, 0.5) is 0 Å². The first-order chi connectivity index (χ1) is 9.17. The summed E-state index contributed by atoms with van der Waals surface area (Å²) in [4.78, 5) is 1.24. The average molecular weight is 409 g/mol. The first-order valence-electron chi connectivity index (χ1n) is 5.80. The molecule has 2 rings (SSSR count). The lowest BCUT2D eigenvalue weighted by molar-refractivity contribution is 0.182. The molecule has 0 bridgehead atoms. The van der Waals surface area contributed by atoms with Gasteiger partial charge in [0, 0.05) is 12.0 Å². The van der Waals surface area contributed by atoms with Gasteiger partial charge in [-0.15, -0.1) is 11.3 Å². The highest BCUT2D eigenvalue weighted by Crippen LogP contribution is 2.34. The molecule has 1 atom stereocenters. The molecule has 2 aromatic rings. The second kappa shape index (κ2) is 6.99. The Morgan fingerprint density at radius 3 is 2.84 bits per heavy atom. The maximum atomic E-state index is 5.13. The zero-order valence-corrected chi connectivity index (χ0v) is 14.7. The van der Waals surface area contributed by atoms with Crippen molar-refractivity contribution in [3.05, 3.63) is 37.2 Å². The number of hydrogen-bond donors (Lipinski definition) is 1. The smallest absolute Gasteiger partial charge is 0.0851 e. The predicted molar refractivity (Wildman–Crippen MR) is 84.7 cm³/mol. The number of aromatic nitrogens is 2. The zero-order chi connectivity index (χ0) is 13.8. The summed E-state index contributed by atoms with van der Waals surface area (Å²) in [5, 5.41) is 7.75. The third kappa shape index (κ3) is 3.46. The first kappa shape index (κ1) is 15.2. The van der Waals surface area contributed by atoms with Gasteiger partial charge in [-0.05, 0) is 51.0 Å². The fourth-order valence-electron chi connectivity index (χ4n) is 1.91. The highest BCUT2D eigenvalue weighted by atomic mass is 79.9. The van der Waals surface area contributed by atoms with Crippen LogP contribution in [0.25, 0.3) is 0 Å². The Morgan fingerprint density at radius 2 is 2.26 bits per heavy atom. The second-order valence-corrected chi connectivity index (χ2v) is 7.31. The average Bonchev–Trinajstić information content (AvgIpc) is 2.97. The summed E-state index contributed by atoms with van der Waals surface area (Å²) in [5.74, 6) is 0. The van der Waals surface area contributed by atoms with E-state index < -0.39 is 0 Å². The highest BCUT2D eigenvalue weighted by Gasteiger charge is 2.21. The second-order valence-electron chi connectivity index (χ2n) is 3.96. The normalized spacial score (nSPS) is 12.8. The van der Waals surface area contributed by atoms with E-state index in [-0.39, 0.29) is 6.04 Å². The van der Waals surface area contributed by atoms with Crippen LogP contribution < -0.4 is 5.32 Å². The van der Waals surface area contributed by atoms with Crippen LogP contribution in [0.1, 0.15) is 16.6 Å². The fraction of sp³-hybridized carbons (Fsp3) is 0.417. The van der Waals surface area contributed by atoms with Crippen LogP contribution in [-0.2, 0) is 11.3 Å². The van der Waals surface area contributed by atoms with Crippen molar-refractivity contribution < 1.29 is 4.74 Å². The van der Waals surface area contributed by atoms with Gasteiger partial charge in [0.2, 0.25) is 0 Å². The highest BCUT2D eigenvalue weighted by molar-refractivity contribution is 9.11. The Kier molecular flexibility index (Phi) is 5.58. The van der Waals surface area contributed by atoms with Gasteiger partial charge in [-0.25, -0.2) is 0 Å². The Bertz CT molecular complexity index is 541. The van der Waals surface area contributed by atoms with Gasteiger partial charge in [-0.3, -0.25) is 4.68 Å². The first-order valence-corrected chi connectivity index (χ1v) is 8.20. The molecular formula is C12H15Br2N3OS. The molecular weight excluding hydrogens is 394 g/mol. The molecule has 0 aliphatic heterocycles. The van der Waals surface area contributed by atoms with Crippen molar-refractivity contribution in [3.63, 3.8) is 0 Å². The van der Waals surface area contributed by atoms with Gasteiger partial charge in [0.1, 0.15) is 0 Å². The number of thiophene rings is 1. The van der Waals surface area contributed by atoms with Gasteiger partial charge in [-0.2, -0.15) is 5.10 Å². The van der Waals surface area contributed by atoms with E-state index in [4.69, 9.17) is 4.74 Å². The lowest BCUT2D eigenvalue weighted by atomic mass is 10.1. The third-order valence-electron chi connectivity index (χ3n) is 2.78. The summed E-state index contributed by atoms with van der Waals surface area (Å²) in [5.41, 5.74) is 1.12. The standard InChI is InChI=1S/C12H15Br2N3OS/c1-15-11(9-3-4-10(14)19-9)12-8(13)7-16-17(12)5-6-18-2/h3-4,7,11,15H,5-6H2,1-2H3. The number of rotatable bonds is 6. The van der Waals surface area contributed by atoms with Crippen molar-refractivity contribution in [2.45, 2.75) is 12.6 Å². The van der Waals surface area contributed by atoms with Crippen molar-refractivity contribution in [2.24, 2.45) is 0 Å². The summed E-state index contributed by atoms with van der Waals surface area (Å²) in [6, 6.07) is 4.30. The van der Waals surface area contributed by atoms with E-state index in [2.05, 4.69) is 54.4 Å². The number of methoxy groups -OCH3 is 1. The predicted octanol–water partition coefficient (Wildman–Crippen LogP) is 3.42. The van der Waals surface area contributed by atoms with Crippen LogP contribution in [0.2, 0.25) is 0 Å². The van der Waals surface area contributed by atoms with Crippen LogP contribution in [-0.4, -0.2) is 30.5 Å². The molecule has 2 aromatic heterocycles. The molecule has 4 nitrogen and oxygen atoms in total. The van der Waals surface area contributed by atoms with Crippen molar-refractivity contribution in [2.75, 3.05) is 20.8 Å². The van der Waals surface area contributed by atoms with Crippen LogP contribution in [0.3, 0.4) is 0 Å². The minimum absolute atomic E-state index is 0.116. The van der Waals surface area contributed by atoms with Crippen molar-refractivity contribution >= 4 is 43.2 Å². The SMILES string of the molecule is CNC(c1ccc(Br)s1)c1c(Br)cnn1CCOC. The maximum absolute atomic E-state index is 5.13. The molecule has 0 aliphatic carbocycles. The minimum atomic E-state index is 0.116. The monoisotopic (exact) mass is 407 g/mol. The molecule has 0 fully saturated rings. The maximum Gasteiger partial charge on any atom is 0.0851 e. The van der Waals surface area contributed by atoms with E-state index in [1.165, 1.54) is 4.88 Å². The van der Waals surface area contributed by atoms with Crippen LogP contribution in [0.15, 0.2) is 26.6 Å². The van der Waals surface area contributed by atoms with Gasteiger partial charge < -0.3 is 10.1 Å². The van der Waals surface area contributed by atoms with Crippen LogP contribution >= 0.6 is 43.2 Å². The van der Waals surface area contributed by atoms with E-state index in [1.807, 2.05) is 17.9 Å². The molecule has 0 saturated carbocycles. The van der Waals surface area contributed by atoms with Crippen molar-refractivity contribution in [1.29, 1.82) is 0 Å². The minimum Gasteiger partial charge on any atom is -0.383 e. The lowest BCUT2D eigenvalue weighted by Crippen LogP contribution is -2.22. The van der Waals surface area contributed by atoms with Crippen molar-refractivity contribution in [1.82, 2.24) is 15.1 Å². The van der Waals surface area contributed by atoms with Gasteiger partial charge in [0.25, 0.3) is 0 Å². The molecule has 19 heavy (non-hydrogen) atoms. The number of nitrogens with zero attached hydrogens (tertiary/aromatic N) is 2. The van der Waals surface area contributed by atoms with Gasteiger partial charge in [0.15, 0.2) is 0 Å². The van der Waals surface area contributed by atoms with Crippen LogP contribution in [0.5, 0.6) is 0 Å². The molecule has 0 aromatic carbocycles. The van der Waals surface area contributed by atoms with Gasteiger partial charge in [-0.1, -0.05) is 0 Å². The molecule has 7 heteroatoms. The largest absolute Gasteiger partial charge is 0.383 e. The molecule has 1 unspecified atom stereocenters. The molecule has 2 heterocycles. The number of halogens is 2. The molecule has 0 amide bonds. The molecule has 0 aliphatic rings. The molecule has 0 spiro atoms. The van der Waals surface area contributed by atoms with E-state index in [9.17, 15) is 0 Å². The summed E-state index contributed by atoms with van der Waals surface area (Å²) in [6.07, 6.45) is 1.83. The summed E-state index contributed by atoms with van der Waals surface area (Å²) in [7, 11) is 3.66. The molecule has 1 N–H and O–H groups in total. The fourth-order valence-corrected chi connectivity index (χ4v) is 3.97. The third-order valence-corrected chi connectivity index (χ3v) is 5.08. The summed E-state index contributed by atoms with van der Waals surface area (Å²) < 4.78 is 9.24.